The van der Waals surface area contributed by atoms with Crippen LogP contribution in [-0.2, 0) is 0 Å². The summed E-state index contributed by atoms with van der Waals surface area (Å²) in [6.45, 7) is 0.138. The molecule has 1 saturated carbocycles. The van der Waals surface area contributed by atoms with Crippen LogP contribution in [0.3, 0.4) is 0 Å². The fourth-order valence-corrected chi connectivity index (χ4v) is 2.60. The molecule has 5 heteroatoms. The van der Waals surface area contributed by atoms with Gasteiger partial charge in [0.25, 0.3) is 5.91 Å². The maximum atomic E-state index is 12.0. The summed E-state index contributed by atoms with van der Waals surface area (Å²) in [5, 5.41) is 12.3. The highest BCUT2D eigenvalue weighted by Gasteiger charge is 2.26. The first kappa shape index (κ1) is 13.5. The second-order valence-corrected chi connectivity index (χ2v) is 5.58. The van der Waals surface area contributed by atoms with Gasteiger partial charge in [-0.15, -0.1) is 0 Å². The number of rotatable bonds is 3. The minimum atomic E-state index is -0.159. The molecule has 0 bridgehead atoms. The fraction of sp³-hybridized carbons (Fsp3) is 0.538. The van der Waals surface area contributed by atoms with Crippen molar-refractivity contribution in [3.63, 3.8) is 0 Å². The summed E-state index contributed by atoms with van der Waals surface area (Å²) in [6, 6.07) is 3.56. The number of hydrogen-bond acceptors (Lipinski definition) is 3. The van der Waals surface area contributed by atoms with Gasteiger partial charge < -0.3 is 10.4 Å². The molecule has 0 aliphatic heterocycles. The van der Waals surface area contributed by atoms with Crippen LogP contribution in [0.1, 0.15) is 36.2 Å². The summed E-state index contributed by atoms with van der Waals surface area (Å²) in [5.41, 5.74) is 0.417. The SMILES string of the molecule is O=C(NC1CCCCC1CO)c1ccc(Br)cn1. The van der Waals surface area contributed by atoms with Crippen LogP contribution in [0.2, 0.25) is 0 Å². The summed E-state index contributed by atoms with van der Waals surface area (Å²) in [6.07, 6.45) is 5.77. The van der Waals surface area contributed by atoms with Crippen LogP contribution < -0.4 is 5.32 Å². The van der Waals surface area contributed by atoms with Crippen molar-refractivity contribution in [2.45, 2.75) is 31.7 Å². The minimum absolute atomic E-state index is 0.0710. The molecule has 2 rings (SSSR count). The Morgan fingerprint density at radius 1 is 1.44 bits per heavy atom. The zero-order chi connectivity index (χ0) is 13.0. The molecular formula is C13H17BrN2O2. The molecule has 1 fully saturated rings. The summed E-state index contributed by atoms with van der Waals surface area (Å²) < 4.78 is 0.852. The molecule has 1 amide bonds. The number of aliphatic hydroxyl groups excluding tert-OH is 1. The van der Waals surface area contributed by atoms with Crippen molar-refractivity contribution in [3.8, 4) is 0 Å². The van der Waals surface area contributed by atoms with Gasteiger partial charge in [-0.2, -0.15) is 0 Å². The standard InChI is InChI=1S/C13H17BrN2O2/c14-10-5-6-12(15-7-10)13(18)16-11-4-2-1-3-9(11)8-17/h5-7,9,11,17H,1-4,8H2,(H,16,18). The Balaban J connectivity index is 1.99. The first-order valence-corrected chi connectivity index (χ1v) is 7.03. The van der Waals surface area contributed by atoms with Crippen LogP contribution in [0, 0.1) is 5.92 Å². The number of aliphatic hydroxyl groups is 1. The van der Waals surface area contributed by atoms with Crippen LogP contribution in [-0.4, -0.2) is 28.6 Å². The molecule has 2 atom stereocenters. The van der Waals surface area contributed by atoms with E-state index in [2.05, 4.69) is 26.2 Å². The summed E-state index contributed by atoms with van der Waals surface area (Å²) in [4.78, 5) is 16.1. The molecule has 4 nitrogen and oxygen atoms in total. The van der Waals surface area contributed by atoms with Crippen LogP contribution in [0.15, 0.2) is 22.8 Å². The maximum Gasteiger partial charge on any atom is 0.270 e. The molecule has 0 aromatic carbocycles. The van der Waals surface area contributed by atoms with Crippen molar-refractivity contribution >= 4 is 21.8 Å². The van der Waals surface area contributed by atoms with E-state index in [9.17, 15) is 9.90 Å². The van der Waals surface area contributed by atoms with Gasteiger partial charge in [0.1, 0.15) is 5.69 Å². The predicted octanol–water partition coefficient (Wildman–Crippen LogP) is 2.12. The van der Waals surface area contributed by atoms with E-state index < -0.39 is 0 Å². The molecule has 1 heterocycles. The Bertz CT molecular complexity index is 408. The zero-order valence-corrected chi connectivity index (χ0v) is 11.7. The van der Waals surface area contributed by atoms with Crippen LogP contribution >= 0.6 is 15.9 Å². The maximum absolute atomic E-state index is 12.0. The molecule has 2 unspecified atom stereocenters. The smallest absolute Gasteiger partial charge is 0.270 e. The van der Waals surface area contributed by atoms with Crippen molar-refractivity contribution in [1.29, 1.82) is 0 Å². The van der Waals surface area contributed by atoms with Gasteiger partial charge in [-0.1, -0.05) is 12.8 Å². The Morgan fingerprint density at radius 3 is 2.89 bits per heavy atom. The summed E-state index contributed by atoms with van der Waals surface area (Å²) in [5.74, 6) is 0.0194. The Hall–Kier alpha value is -0.940. The van der Waals surface area contributed by atoms with Crippen molar-refractivity contribution in [1.82, 2.24) is 10.3 Å². The van der Waals surface area contributed by atoms with E-state index in [1.807, 2.05) is 0 Å². The molecule has 0 spiro atoms. The number of hydrogen-bond donors (Lipinski definition) is 2. The zero-order valence-electron chi connectivity index (χ0n) is 10.1. The molecule has 1 aromatic rings. The third-order valence-corrected chi connectivity index (χ3v) is 3.89. The molecule has 1 aliphatic carbocycles. The molecule has 98 valence electrons. The normalized spacial score (nSPS) is 23.7. The van der Waals surface area contributed by atoms with E-state index in [1.165, 1.54) is 0 Å². The van der Waals surface area contributed by atoms with E-state index in [4.69, 9.17) is 0 Å². The van der Waals surface area contributed by atoms with E-state index in [0.717, 1.165) is 30.2 Å². The van der Waals surface area contributed by atoms with Crippen molar-refractivity contribution < 1.29 is 9.90 Å². The largest absolute Gasteiger partial charge is 0.396 e. The van der Waals surface area contributed by atoms with Crippen LogP contribution in [0.4, 0.5) is 0 Å². The van der Waals surface area contributed by atoms with Crippen molar-refractivity contribution in [3.05, 3.63) is 28.5 Å². The van der Waals surface area contributed by atoms with Gasteiger partial charge in [-0.25, -0.2) is 4.98 Å². The van der Waals surface area contributed by atoms with Crippen LogP contribution in [0.5, 0.6) is 0 Å². The first-order valence-electron chi connectivity index (χ1n) is 6.24. The van der Waals surface area contributed by atoms with E-state index in [-0.39, 0.29) is 24.5 Å². The second kappa shape index (κ2) is 6.29. The Morgan fingerprint density at radius 2 is 2.22 bits per heavy atom. The average Bonchev–Trinajstić information content (AvgIpc) is 2.40. The lowest BCUT2D eigenvalue weighted by Crippen LogP contribution is -2.43. The van der Waals surface area contributed by atoms with Gasteiger partial charge >= 0.3 is 0 Å². The highest BCUT2D eigenvalue weighted by atomic mass is 79.9. The van der Waals surface area contributed by atoms with E-state index in [0.29, 0.717) is 5.69 Å². The van der Waals surface area contributed by atoms with E-state index in [1.54, 1.807) is 18.3 Å². The van der Waals surface area contributed by atoms with Gasteiger partial charge in [-0.3, -0.25) is 4.79 Å². The number of carbonyl (C=O) groups is 1. The molecule has 1 aliphatic rings. The van der Waals surface area contributed by atoms with E-state index >= 15 is 0 Å². The monoisotopic (exact) mass is 312 g/mol. The number of pyridine rings is 1. The number of amides is 1. The number of nitrogens with one attached hydrogen (secondary N) is 1. The second-order valence-electron chi connectivity index (χ2n) is 4.67. The Kier molecular flexibility index (Phi) is 4.72. The van der Waals surface area contributed by atoms with Gasteiger partial charge in [0.2, 0.25) is 0 Å². The molecule has 1 aromatic heterocycles. The quantitative estimate of drug-likeness (QED) is 0.898. The predicted molar refractivity (Wildman–Crippen MR) is 72.2 cm³/mol. The number of aromatic nitrogens is 1. The molecule has 0 saturated heterocycles. The lowest BCUT2D eigenvalue weighted by Gasteiger charge is -2.30. The number of carbonyl (C=O) groups excluding carboxylic acids is 1. The topological polar surface area (TPSA) is 62.2 Å². The van der Waals surface area contributed by atoms with Crippen molar-refractivity contribution in [2.75, 3.05) is 6.61 Å². The Labute approximate surface area is 115 Å². The van der Waals surface area contributed by atoms with Gasteiger partial charge in [0.05, 0.1) is 0 Å². The molecule has 0 radical (unpaired) electrons. The van der Waals surface area contributed by atoms with Crippen LogP contribution in [0.25, 0.3) is 0 Å². The third kappa shape index (κ3) is 3.29. The summed E-state index contributed by atoms with van der Waals surface area (Å²) >= 11 is 3.29. The van der Waals surface area contributed by atoms with Crippen molar-refractivity contribution in [2.24, 2.45) is 5.92 Å². The van der Waals surface area contributed by atoms with Gasteiger partial charge in [0, 0.05) is 29.2 Å². The first-order chi connectivity index (χ1) is 8.70. The lowest BCUT2D eigenvalue weighted by atomic mass is 9.85. The summed E-state index contributed by atoms with van der Waals surface area (Å²) in [7, 11) is 0. The number of nitrogens with zero attached hydrogens (tertiary/aromatic N) is 1. The third-order valence-electron chi connectivity index (χ3n) is 3.42. The molecule has 18 heavy (non-hydrogen) atoms. The average molecular weight is 313 g/mol. The minimum Gasteiger partial charge on any atom is -0.396 e. The fourth-order valence-electron chi connectivity index (χ4n) is 2.37. The molecular weight excluding hydrogens is 296 g/mol. The van der Waals surface area contributed by atoms with Gasteiger partial charge in [0.15, 0.2) is 0 Å². The highest BCUT2D eigenvalue weighted by molar-refractivity contribution is 9.10. The molecule has 2 N–H and O–H groups in total. The lowest BCUT2D eigenvalue weighted by molar-refractivity contribution is 0.0867. The highest BCUT2D eigenvalue weighted by Crippen LogP contribution is 2.24. The van der Waals surface area contributed by atoms with Gasteiger partial charge in [-0.05, 0) is 40.9 Å². The number of halogens is 1.